The monoisotopic (exact) mass is 494 g/mol. The average molecular weight is 495 g/mol. The normalized spacial score (nSPS) is 16.9. The minimum Gasteiger partial charge on any atom is -0.504 e. The van der Waals surface area contributed by atoms with E-state index >= 15 is 0 Å². The first-order valence-corrected chi connectivity index (χ1v) is 12.5. The number of hydrogen-bond acceptors (Lipinski definition) is 6. The van der Waals surface area contributed by atoms with Crippen LogP contribution in [-0.4, -0.2) is 72.2 Å². The molecule has 2 fully saturated rings. The van der Waals surface area contributed by atoms with Crippen LogP contribution in [0.2, 0.25) is 0 Å². The van der Waals surface area contributed by atoms with Gasteiger partial charge in [0.25, 0.3) is 0 Å². The third-order valence-electron chi connectivity index (χ3n) is 6.22. The first kappa shape index (κ1) is 25.5. The summed E-state index contributed by atoms with van der Waals surface area (Å²) in [7, 11) is 0. The van der Waals surface area contributed by atoms with E-state index in [2.05, 4.69) is 34.3 Å². The first-order valence-electron chi connectivity index (χ1n) is 12.5. The summed E-state index contributed by atoms with van der Waals surface area (Å²) in [5, 5.41) is 16.4. The van der Waals surface area contributed by atoms with Crippen LogP contribution in [-0.2, 0) is 4.74 Å². The molecule has 0 bridgehead atoms. The number of rotatable bonds is 5. The Morgan fingerprint density at radius 2 is 1.61 bits per heavy atom. The minimum atomic E-state index is -0.697. The quantitative estimate of drug-likeness (QED) is 0.458. The maximum absolute atomic E-state index is 14.4. The molecule has 0 unspecified atom stereocenters. The fraction of sp³-hybridized carbons (Fsp3) is 0.429. The summed E-state index contributed by atoms with van der Waals surface area (Å²) in [6.45, 7) is 9.72. The van der Waals surface area contributed by atoms with Crippen molar-refractivity contribution in [1.82, 2.24) is 9.91 Å². The van der Waals surface area contributed by atoms with Crippen LogP contribution in [0.1, 0.15) is 50.3 Å². The molecule has 0 saturated carbocycles. The van der Waals surface area contributed by atoms with Gasteiger partial charge in [0.05, 0.1) is 19.3 Å². The Kier molecular flexibility index (Phi) is 7.82. The van der Waals surface area contributed by atoms with Crippen LogP contribution in [0.3, 0.4) is 0 Å². The number of carbonyl (C=O) groups excluding carboxylic acids is 1. The standard InChI is InChI=1S/C28H35FN4O3/c1-28(2,3)36-27(35)32-14-16-33(17-15-32)30-20-23-18-22(19-25(29)26(23)34)7-6-21-8-10-24(11-9-21)31-12-4-5-13-31/h6-11,18-20,34H,4-5,12-17H2,1-3H3/b7-6+,30-20?. The number of piperazine rings is 1. The molecule has 2 aliphatic rings. The summed E-state index contributed by atoms with van der Waals surface area (Å²) in [6.07, 6.45) is 7.35. The van der Waals surface area contributed by atoms with E-state index in [4.69, 9.17) is 4.74 Å². The van der Waals surface area contributed by atoms with Gasteiger partial charge in [0.2, 0.25) is 0 Å². The van der Waals surface area contributed by atoms with Gasteiger partial charge in [0.15, 0.2) is 11.6 Å². The zero-order valence-corrected chi connectivity index (χ0v) is 21.3. The molecular formula is C28H35FN4O3. The van der Waals surface area contributed by atoms with Crippen LogP contribution < -0.4 is 4.90 Å². The van der Waals surface area contributed by atoms with Gasteiger partial charge < -0.3 is 19.6 Å². The maximum atomic E-state index is 14.4. The number of carbonyl (C=O) groups is 1. The van der Waals surface area contributed by atoms with E-state index in [0.29, 0.717) is 37.3 Å². The molecule has 0 aliphatic carbocycles. The molecule has 2 heterocycles. The Balaban J connectivity index is 1.37. The smallest absolute Gasteiger partial charge is 0.410 e. The van der Waals surface area contributed by atoms with Crippen molar-refractivity contribution in [3.8, 4) is 5.75 Å². The van der Waals surface area contributed by atoms with Gasteiger partial charge in [-0.25, -0.2) is 9.18 Å². The molecule has 0 aromatic heterocycles. The SMILES string of the molecule is CC(C)(C)OC(=O)N1CCN(N=Cc2cc(/C=C/c3ccc(N4CCCC4)cc3)cc(F)c2O)CC1. The van der Waals surface area contributed by atoms with Crippen molar-refractivity contribution < 1.29 is 19.0 Å². The van der Waals surface area contributed by atoms with Gasteiger partial charge in [0, 0.05) is 37.4 Å². The molecule has 2 aliphatic heterocycles. The van der Waals surface area contributed by atoms with Crippen molar-refractivity contribution >= 4 is 30.1 Å². The number of amides is 1. The second-order valence-corrected chi connectivity index (χ2v) is 10.2. The van der Waals surface area contributed by atoms with Crippen LogP contribution in [0, 0.1) is 5.82 Å². The molecular weight excluding hydrogens is 459 g/mol. The summed E-state index contributed by atoms with van der Waals surface area (Å²) >= 11 is 0. The highest BCUT2D eigenvalue weighted by Gasteiger charge is 2.25. The third kappa shape index (κ3) is 6.77. The Morgan fingerprint density at radius 3 is 2.25 bits per heavy atom. The van der Waals surface area contributed by atoms with Gasteiger partial charge in [0.1, 0.15) is 5.60 Å². The molecule has 36 heavy (non-hydrogen) atoms. The highest BCUT2D eigenvalue weighted by molar-refractivity contribution is 5.85. The minimum absolute atomic E-state index is 0.300. The largest absolute Gasteiger partial charge is 0.504 e. The third-order valence-corrected chi connectivity index (χ3v) is 6.22. The lowest BCUT2D eigenvalue weighted by atomic mass is 10.1. The second kappa shape index (κ2) is 11.0. The van der Waals surface area contributed by atoms with Crippen molar-refractivity contribution in [3.63, 3.8) is 0 Å². The predicted octanol–water partition coefficient (Wildman–Crippen LogP) is 5.19. The van der Waals surface area contributed by atoms with Crippen molar-refractivity contribution in [2.24, 2.45) is 5.10 Å². The van der Waals surface area contributed by atoms with Crippen molar-refractivity contribution in [1.29, 1.82) is 0 Å². The lowest BCUT2D eigenvalue weighted by Crippen LogP contribution is -2.48. The van der Waals surface area contributed by atoms with Gasteiger partial charge in [-0.15, -0.1) is 0 Å². The zero-order valence-electron chi connectivity index (χ0n) is 21.3. The number of nitrogens with zero attached hydrogens (tertiary/aromatic N) is 4. The molecule has 4 rings (SSSR count). The summed E-state index contributed by atoms with van der Waals surface area (Å²) in [6, 6.07) is 11.3. The second-order valence-electron chi connectivity index (χ2n) is 10.2. The number of benzene rings is 2. The van der Waals surface area contributed by atoms with E-state index in [1.165, 1.54) is 30.8 Å². The fourth-order valence-electron chi connectivity index (χ4n) is 4.27. The van der Waals surface area contributed by atoms with Gasteiger partial charge in [-0.3, -0.25) is 5.01 Å². The van der Waals surface area contributed by atoms with E-state index in [-0.39, 0.29) is 6.09 Å². The fourth-order valence-corrected chi connectivity index (χ4v) is 4.27. The molecule has 8 heteroatoms. The Morgan fingerprint density at radius 1 is 0.972 bits per heavy atom. The van der Waals surface area contributed by atoms with Crippen molar-refractivity contribution in [2.45, 2.75) is 39.2 Å². The van der Waals surface area contributed by atoms with Crippen LogP contribution in [0.25, 0.3) is 12.2 Å². The molecule has 0 radical (unpaired) electrons. The molecule has 1 amide bonds. The first-order chi connectivity index (χ1) is 17.2. The number of phenolic OH excluding ortho intramolecular Hbond substituents is 1. The topological polar surface area (TPSA) is 68.6 Å². The number of anilines is 1. The maximum Gasteiger partial charge on any atom is 0.410 e. The molecule has 192 valence electrons. The molecule has 2 saturated heterocycles. The highest BCUT2D eigenvalue weighted by atomic mass is 19.1. The van der Waals surface area contributed by atoms with Crippen molar-refractivity contribution in [3.05, 3.63) is 58.9 Å². The van der Waals surface area contributed by atoms with E-state index < -0.39 is 17.2 Å². The molecule has 7 nitrogen and oxygen atoms in total. The summed E-state index contributed by atoms with van der Waals surface area (Å²) < 4.78 is 19.8. The average Bonchev–Trinajstić information content (AvgIpc) is 3.38. The number of hydrazone groups is 1. The molecule has 0 spiro atoms. The molecule has 1 N–H and O–H groups in total. The van der Waals surface area contributed by atoms with E-state index in [0.717, 1.165) is 18.7 Å². The van der Waals surface area contributed by atoms with Gasteiger partial charge in [-0.05, 0) is 69.0 Å². The summed E-state index contributed by atoms with van der Waals surface area (Å²) in [5.41, 5.74) is 2.64. The number of phenols is 1. The number of aromatic hydroxyl groups is 1. The number of ether oxygens (including phenoxy) is 1. The summed E-state index contributed by atoms with van der Waals surface area (Å²) in [5.74, 6) is -1.13. The summed E-state index contributed by atoms with van der Waals surface area (Å²) in [4.78, 5) is 16.3. The van der Waals surface area contributed by atoms with Crippen LogP contribution >= 0.6 is 0 Å². The number of hydrogen-bond donors (Lipinski definition) is 1. The Hall–Kier alpha value is -3.55. The molecule has 0 atom stereocenters. The van der Waals surface area contributed by atoms with Gasteiger partial charge in [-0.2, -0.15) is 5.10 Å². The van der Waals surface area contributed by atoms with E-state index in [1.807, 2.05) is 32.9 Å². The molecule has 2 aromatic carbocycles. The number of halogens is 1. The van der Waals surface area contributed by atoms with E-state index in [1.54, 1.807) is 16.0 Å². The Labute approximate surface area is 212 Å². The van der Waals surface area contributed by atoms with Crippen LogP contribution in [0.4, 0.5) is 14.9 Å². The molecule has 2 aromatic rings. The predicted molar refractivity (Wildman–Crippen MR) is 142 cm³/mol. The zero-order chi connectivity index (χ0) is 25.7. The van der Waals surface area contributed by atoms with Crippen LogP contribution in [0.5, 0.6) is 5.75 Å². The Bertz CT molecular complexity index is 1110. The van der Waals surface area contributed by atoms with Gasteiger partial charge >= 0.3 is 6.09 Å². The lowest BCUT2D eigenvalue weighted by Gasteiger charge is -2.34. The van der Waals surface area contributed by atoms with Crippen LogP contribution in [0.15, 0.2) is 41.5 Å². The highest BCUT2D eigenvalue weighted by Crippen LogP contribution is 2.24. The lowest BCUT2D eigenvalue weighted by molar-refractivity contribution is 0.0148. The van der Waals surface area contributed by atoms with Gasteiger partial charge in [-0.1, -0.05) is 24.3 Å². The van der Waals surface area contributed by atoms with Crippen molar-refractivity contribution in [2.75, 3.05) is 44.2 Å². The van der Waals surface area contributed by atoms with E-state index in [9.17, 15) is 14.3 Å².